The fourth-order valence-electron chi connectivity index (χ4n) is 1.59. The molecule has 82 valence electrons. The molecule has 0 saturated heterocycles. The summed E-state index contributed by atoms with van der Waals surface area (Å²) < 4.78 is 0. The highest BCUT2D eigenvalue weighted by Crippen LogP contribution is 2.20. The molecule has 0 aromatic heterocycles. The number of hydrogen-bond acceptors (Lipinski definition) is 2. The highest BCUT2D eigenvalue weighted by molar-refractivity contribution is 5.94. The zero-order valence-corrected chi connectivity index (χ0v) is 9.05. The first-order valence-corrected chi connectivity index (χ1v) is 5.11. The number of carbonyl (C=O) groups is 1. The van der Waals surface area contributed by atoms with Crippen LogP contribution in [-0.2, 0) is 0 Å². The number of hydrogen-bond donors (Lipinski definition) is 1. The van der Waals surface area contributed by atoms with E-state index in [-0.39, 0.29) is 0 Å². The van der Waals surface area contributed by atoms with Crippen molar-refractivity contribution in [3.8, 4) is 17.2 Å². The third kappa shape index (κ3) is 2.32. The van der Waals surface area contributed by atoms with E-state index in [0.29, 0.717) is 11.1 Å². The molecule has 0 radical (unpaired) electrons. The molecule has 0 atom stereocenters. The SMILES string of the molecule is N#Cc1ccc(-c2cccc(C(N)=O)c2)cc1. The summed E-state index contributed by atoms with van der Waals surface area (Å²) in [6, 6.07) is 16.3. The molecule has 2 aromatic carbocycles. The highest BCUT2D eigenvalue weighted by Gasteiger charge is 2.03. The number of rotatable bonds is 2. The van der Waals surface area contributed by atoms with Gasteiger partial charge in [0.1, 0.15) is 0 Å². The van der Waals surface area contributed by atoms with E-state index < -0.39 is 5.91 Å². The van der Waals surface area contributed by atoms with Crippen LogP contribution in [0.1, 0.15) is 15.9 Å². The number of primary amides is 1. The van der Waals surface area contributed by atoms with Gasteiger partial charge in [-0.05, 0) is 35.4 Å². The van der Waals surface area contributed by atoms with Crippen molar-refractivity contribution in [3.05, 3.63) is 59.7 Å². The van der Waals surface area contributed by atoms with E-state index in [1.807, 2.05) is 18.2 Å². The smallest absolute Gasteiger partial charge is 0.248 e. The third-order valence-corrected chi connectivity index (χ3v) is 2.49. The van der Waals surface area contributed by atoms with Gasteiger partial charge < -0.3 is 5.73 Å². The summed E-state index contributed by atoms with van der Waals surface area (Å²) in [6.07, 6.45) is 0. The lowest BCUT2D eigenvalue weighted by Gasteiger charge is -2.03. The summed E-state index contributed by atoms with van der Waals surface area (Å²) in [4.78, 5) is 11.1. The molecular formula is C14H10N2O. The van der Waals surface area contributed by atoms with Crippen molar-refractivity contribution in [2.24, 2.45) is 5.73 Å². The highest BCUT2D eigenvalue weighted by atomic mass is 16.1. The van der Waals surface area contributed by atoms with Gasteiger partial charge in [-0.25, -0.2) is 0 Å². The quantitative estimate of drug-likeness (QED) is 0.847. The van der Waals surface area contributed by atoms with Crippen molar-refractivity contribution in [2.75, 3.05) is 0 Å². The second-order valence-electron chi connectivity index (χ2n) is 3.63. The van der Waals surface area contributed by atoms with Crippen molar-refractivity contribution in [3.63, 3.8) is 0 Å². The zero-order chi connectivity index (χ0) is 12.3. The van der Waals surface area contributed by atoms with E-state index >= 15 is 0 Å². The molecular weight excluding hydrogens is 212 g/mol. The van der Waals surface area contributed by atoms with Crippen LogP contribution in [0, 0.1) is 11.3 Å². The minimum atomic E-state index is -0.444. The molecule has 0 saturated carbocycles. The molecule has 0 aliphatic rings. The molecule has 0 bridgehead atoms. The second kappa shape index (κ2) is 4.50. The average molecular weight is 222 g/mol. The summed E-state index contributed by atoms with van der Waals surface area (Å²) >= 11 is 0. The molecule has 0 heterocycles. The van der Waals surface area contributed by atoms with Crippen LogP contribution >= 0.6 is 0 Å². The molecule has 0 spiro atoms. The summed E-state index contributed by atoms with van der Waals surface area (Å²) in [5.41, 5.74) is 8.17. The van der Waals surface area contributed by atoms with Crippen molar-refractivity contribution < 1.29 is 4.79 Å². The fraction of sp³-hybridized carbons (Fsp3) is 0. The van der Waals surface area contributed by atoms with Gasteiger partial charge in [-0.1, -0.05) is 24.3 Å². The van der Waals surface area contributed by atoms with Gasteiger partial charge >= 0.3 is 0 Å². The van der Waals surface area contributed by atoms with Gasteiger partial charge in [-0.3, -0.25) is 4.79 Å². The summed E-state index contributed by atoms with van der Waals surface area (Å²) in [6.45, 7) is 0. The molecule has 2 aromatic rings. The molecule has 1 amide bonds. The van der Waals surface area contributed by atoms with Gasteiger partial charge in [0.25, 0.3) is 0 Å². The van der Waals surface area contributed by atoms with Crippen LogP contribution in [0.5, 0.6) is 0 Å². The maximum atomic E-state index is 11.1. The molecule has 0 unspecified atom stereocenters. The first-order chi connectivity index (χ1) is 8.20. The maximum absolute atomic E-state index is 11.1. The Balaban J connectivity index is 2.42. The van der Waals surface area contributed by atoms with Gasteiger partial charge in [0.15, 0.2) is 0 Å². The first-order valence-electron chi connectivity index (χ1n) is 5.11. The molecule has 3 heteroatoms. The van der Waals surface area contributed by atoms with Crippen molar-refractivity contribution in [2.45, 2.75) is 0 Å². The van der Waals surface area contributed by atoms with Crippen LogP contribution in [0.25, 0.3) is 11.1 Å². The molecule has 0 aliphatic carbocycles. The molecule has 0 fully saturated rings. The predicted octanol–water partition coefficient (Wildman–Crippen LogP) is 2.32. The van der Waals surface area contributed by atoms with Gasteiger partial charge in [-0.2, -0.15) is 5.26 Å². The van der Waals surface area contributed by atoms with Crippen molar-refractivity contribution in [1.29, 1.82) is 5.26 Å². The van der Waals surface area contributed by atoms with Gasteiger partial charge in [0, 0.05) is 5.56 Å². The number of carbonyl (C=O) groups excluding carboxylic acids is 1. The van der Waals surface area contributed by atoms with E-state index in [4.69, 9.17) is 11.0 Å². The van der Waals surface area contributed by atoms with Crippen LogP contribution in [0.15, 0.2) is 48.5 Å². The second-order valence-corrected chi connectivity index (χ2v) is 3.63. The van der Waals surface area contributed by atoms with E-state index in [9.17, 15) is 4.79 Å². The average Bonchev–Trinajstić information content (AvgIpc) is 2.39. The lowest BCUT2D eigenvalue weighted by molar-refractivity contribution is 0.100. The van der Waals surface area contributed by atoms with Crippen molar-refractivity contribution >= 4 is 5.91 Å². The lowest BCUT2D eigenvalue weighted by Crippen LogP contribution is -2.10. The Bertz CT molecular complexity index is 594. The normalized spacial score (nSPS) is 9.59. The molecule has 17 heavy (non-hydrogen) atoms. The fourth-order valence-corrected chi connectivity index (χ4v) is 1.59. The lowest BCUT2D eigenvalue weighted by atomic mass is 10.0. The minimum absolute atomic E-state index is 0.444. The van der Waals surface area contributed by atoms with Crippen molar-refractivity contribution in [1.82, 2.24) is 0 Å². The summed E-state index contributed by atoms with van der Waals surface area (Å²) in [7, 11) is 0. The van der Waals surface area contributed by atoms with Crippen LogP contribution in [0.3, 0.4) is 0 Å². The Hall–Kier alpha value is -2.60. The van der Waals surface area contributed by atoms with E-state index in [1.54, 1.807) is 30.3 Å². The molecule has 2 N–H and O–H groups in total. The standard InChI is InChI=1S/C14H10N2O/c15-9-10-4-6-11(7-5-10)12-2-1-3-13(8-12)14(16)17/h1-8H,(H2,16,17). The van der Waals surface area contributed by atoms with Crippen LogP contribution < -0.4 is 5.73 Å². The maximum Gasteiger partial charge on any atom is 0.248 e. The van der Waals surface area contributed by atoms with Crippen LogP contribution in [-0.4, -0.2) is 5.91 Å². The zero-order valence-electron chi connectivity index (χ0n) is 9.05. The minimum Gasteiger partial charge on any atom is -0.366 e. The van der Waals surface area contributed by atoms with Gasteiger partial charge in [0.05, 0.1) is 11.6 Å². The van der Waals surface area contributed by atoms with E-state index in [2.05, 4.69) is 6.07 Å². The number of benzene rings is 2. The van der Waals surface area contributed by atoms with Gasteiger partial charge in [-0.15, -0.1) is 0 Å². The number of nitriles is 1. The monoisotopic (exact) mass is 222 g/mol. The van der Waals surface area contributed by atoms with E-state index in [0.717, 1.165) is 11.1 Å². The largest absolute Gasteiger partial charge is 0.366 e. The van der Waals surface area contributed by atoms with Crippen LogP contribution in [0.2, 0.25) is 0 Å². The third-order valence-electron chi connectivity index (χ3n) is 2.49. The number of nitrogens with zero attached hydrogens (tertiary/aromatic N) is 1. The predicted molar refractivity (Wildman–Crippen MR) is 65.1 cm³/mol. The Labute approximate surface area is 99.1 Å². The topological polar surface area (TPSA) is 66.9 Å². The van der Waals surface area contributed by atoms with Crippen LogP contribution in [0.4, 0.5) is 0 Å². The number of amides is 1. The Kier molecular flexibility index (Phi) is 2.89. The molecule has 3 nitrogen and oxygen atoms in total. The molecule has 0 aliphatic heterocycles. The Morgan fingerprint density at radius 3 is 2.35 bits per heavy atom. The summed E-state index contributed by atoms with van der Waals surface area (Å²) in [5.74, 6) is -0.444. The number of nitrogens with two attached hydrogens (primary N) is 1. The molecule has 2 rings (SSSR count). The van der Waals surface area contributed by atoms with Gasteiger partial charge in [0.2, 0.25) is 5.91 Å². The Morgan fingerprint density at radius 1 is 1.06 bits per heavy atom. The first kappa shape index (κ1) is 10.9. The summed E-state index contributed by atoms with van der Waals surface area (Å²) in [5, 5.41) is 8.70. The van der Waals surface area contributed by atoms with E-state index in [1.165, 1.54) is 0 Å². The Morgan fingerprint density at radius 2 is 1.76 bits per heavy atom.